The fourth-order valence-corrected chi connectivity index (χ4v) is 2.54. The summed E-state index contributed by atoms with van der Waals surface area (Å²) in [5, 5.41) is 9.56. The van der Waals surface area contributed by atoms with Gasteiger partial charge in [-0.25, -0.2) is 0 Å². The second kappa shape index (κ2) is 7.45. The standard InChI is InChI=1S/C18H19NO4/c1-23-16-8-7-13(10-14(16)11-17(19)20)15(18(21)22)9-12-5-3-2-4-6-12/h2-8,10,15H,9,11H2,1H3,(H2,19,20)(H,21,22). The largest absolute Gasteiger partial charge is 0.496 e. The number of rotatable bonds is 7. The number of carboxylic acids is 1. The summed E-state index contributed by atoms with van der Waals surface area (Å²) in [5.74, 6) is -1.58. The molecular formula is C18H19NO4. The fraction of sp³-hybridized carbons (Fsp3) is 0.222. The van der Waals surface area contributed by atoms with Crippen LogP contribution < -0.4 is 10.5 Å². The number of primary amides is 1. The zero-order valence-corrected chi connectivity index (χ0v) is 12.9. The minimum atomic E-state index is -0.913. The number of benzene rings is 2. The maximum Gasteiger partial charge on any atom is 0.311 e. The van der Waals surface area contributed by atoms with Crippen LogP contribution in [-0.4, -0.2) is 24.1 Å². The highest BCUT2D eigenvalue weighted by Gasteiger charge is 2.22. The Balaban J connectivity index is 2.35. The molecule has 3 N–H and O–H groups in total. The van der Waals surface area contributed by atoms with E-state index >= 15 is 0 Å². The van der Waals surface area contributed by atoms with Crippen LogP contribution in [0.25, 0.3) is 0 Å². The van der Waals surface area contributed by atoms with Gasteiger partial charge in [0.25, 0.3) is 0 Å². The van der Waals surface area contributed by atoms with Gasteiger partial charge in [0.15, 0.2) is 0 Å². The normalized spacial score (nSPS) is 11.7. The SMILES string of the molecule is COc1ccc(C(Cc2ccccc2)C(=O)O)cc1CC(N)=O. The van der Waals surface area contributed by atoms with Crippen LogP contribution in [0.1, 0.15) is 22.6 Å². The summed E-state index contributed by atoms with van der Waals surface area (Å²) >= 11 is 0. The number of aliphatic carboxylic acids is 1. The lowest BCUT2D eigenvalue weighted by Gasteiger charge is -2.16. The van der Waals surface area contributed by atoms with E-state index in [9.17, 15) is 14.7 Å². The molecule has 5 nitrogen and oxygen atoms in total. The van der Waals surface area contributed by atoms with E-state index in [0.717, 1.165) is 5.56 Å². The Morgan fingerprint density at radius 3 is 2.43 bits per heavy atom. The van der Waals surface area contributed by atoms with Gasteiger partial charge in [-0.1, -0.05) is 42.5 Å². The van der Waals surface area contributed by atoms with E-state index in [-0.39, 0.29) is 6.42 Å². The summed E-state index contributed by atoms with van der Waals surface area (Å²) < 4.78 is 5.20. The molecule has 0 saturated heterocycles. The molecule has 0 heterocycles. The van der Waals surface area contributed by atoms with Crippen LogP contribution in [0.5, 0.6) is 5.75 Å². The lowest BCUT2D eigenvalue weighted by Crippen LogP contribution is -2.17. The van der Waals surface area contributed by atoms with Crippen LogP contribution in [0.4, 0.5) is 0 Å². The van der Waals surface area contributed by atoms with Crippen LogP contribution in [0, 0.1) is 0 Å². The number of methoxy groups -OCH3 is 1. The molecule has 0 radical (unpaired) electrons. The number of carboxylic acid groups (broad SMARTS) is 1. The van der Waals surface area contributed by atoms with E-state index in [1.807, 2.05) is 30.3 Å². The second-order valence-corrected chi connectivity index (χ2v) is 5.29. The zero-order valence-electron chi connectivity index (χ0n) is 12.9. The lowest BCUT2D eigenvalue weighted by molar-refractivity contribution is -0.138. The summed E-state index contributed by atoms with van der Waals surface area (Å²) in [4.78, 5) is 22.9. The van der Waals surface area contributed by atoms with Crippen LogP contribution in [0.3, 0.4) is 0 Å². The molecule has 120 valence electrons. The highest BCUT2D eigenvalue weighted by Crippen LogP contribution is 2.27. The van der Waals surface area contributed by atoms with Crippen LogP contribution in [0.2, 0.25) is 0 Å². The van der Waals surface area contributed by atoms with Gasteiger partial charge in [-0.3, -0.25) is 9.59 Å². The van der Waals surface area contributed by atoms with Crippen molar-refractivity contribution in [1.82, 2.24) is 0 Å². The van der Waals surface area contributed by atoms with Gasteiger partial charge >= 0.3 is 5.97 Å². The number of ether oxygens (including phenoxy) is 1. The van der Waals surface area contributed by atoms with Gasteiger partial charge in [0, 0.05) is 5.56 Å². The summed E-state index contributed by atoms with van der Waals surface area (Å²) in [7, 11) is 1.50. The van der Waals surface area contributed by atoms with Crippen LogP contribution in [-0.2, 0) is 22.4 Å². The predicted octanol–water partition coefficient (Wildman–Crippen LogP) is 2.13. The van der Waals surface area contributed by atoms with Gasteiger partial charge in [-0.15, -0.1) is 0 Å². The van der Waals surface area contributed by atoms with E-state index < -0.39 is 17.8 Å². The molecule has 2 rings (SSSR count). The number of amides is 1. The summed E-state index contributed by atoms with van der Waals surface area (Å²) in [6, 6.07) is 14.5. The van der Waals surface area contributed by atoms with Crippen molar-refractivity contribution < 1.29 is 19.4 Å². The van der Waals surface area contributed by atoms with Crippen molar-refractivity contribution in [1.29, 1.82) is 0 Å². The van der Waals surface area contributed by atoms with Crippen molar-refractivity contribution in [3.63, 3.8) is 0 Å². The molecule has 0 bridgehead atoms. The Morgan fingerprint density at radius 2 is 1.87 bits per heavy atom. The molecule has 0 saturated carbocycles. The number of hydrogen-bond donors (Lipinski definition) is 2. The molecule has 2 aromatic rings. The van der Waals surface area contributed by atoms with E-state index in [1.165, 1.54) is 7.11 Å². The molecule has 5 heteroatoms. The quantitative estimate of drug-likeness (QED) is 0.819. The van der Waals surface area contributed by atoms with Crippen molar-refractivity contribution in [2.75, 3.05) is 7.11 Å². The first-order chi connectivity index (χ1) is 11.0. The smallest absolute Gasteiger partial charge is 0.311 e. The molecule has 0 aliphatic carbocycles. The average Bonchev–Trinajstić information content (AvgIpc) is 2.52. The Kier molecular flexibility index (Phi) is 5.36. The topological polar surface area (TPSA) is 89.6 Å². The minimum absolute atomic E-state index is 0.00862. The predicted molar refractivity (Wildman–Crippen MR) is 86.4 cm³/mol. The Bertz CT molecular complexity index is 697. The fourth-order valence-electron chi connectivity index (χ4n) is 2.54. The molecule has 0 aromatic heterocycles. The number of carbonyl (C=O) groups is 2. The molecule has 23 heavy (non-hydrogen) atoms. The van der Waals surface area contributed by atoms with E-state index in [4.69, 9.17) is 10.5 Å². The van der Waals surface area contributed by atoms with Gasteiger partial charge in [0.05, 0.1) is 19.4 Å². The van der Waals surface area contributed by atoms with Crippen molar-refractivity contribution >= 4 is 11.9 Å². The van der Waals surface area contributed by atoms with E-state index in [2.05, 4.69) is 0 Å². The number of nitrogens with two attached hydrogens (primary N) is 1. The average molecular weight is 313 g/mol. The second-order valence-electron chi connectivity index (χ2n) is 5.29. The zero-order chi connectivity index (χ0) is 16.8. The molecule has 0 fully saturated rings. The molecular weight excluding hydrogens is 294 g/mol. The Morgan fingerprint density at radius 1 is 1.17 bits per heavy atom. The number of hydrogen-bond acceptors (Lipinski definition) is 3. The first-order valence-electron chi connectivity index (χ1n) is 7.23. The first-order valence-corrected chi connectivity index (χ1v) is 7.23. The highest BCUT2D eigenvalue weighted by atomic mass is 16.5. The minimum Gasteiger partial charge on any atom is -0.496 e. The van der Waals surface area contributed by atoms with Crippen molar-refractivity contribution in [2.24, 2.45) is 5.73 Å². The van der Waals surface area contributed by atoms with E-state index in [1.54, 1.807) is 18.2 Å². The molecule has 0 aliphatic heterocycles. The molecule has 1 amide bonds. The van der Waals surface area contributed by atoms with Gasteiger partial charge in [-0.2, -0.15) is 0 Å². The molecule has 2 aromatic carbocycles. The molecule has 1 atom stereocenters. The van der Waals surface area contributed by atoms with Crippen LogP contribution >= 0.6 is 0 Å². The van der Waals surface area contributed by atoms with Gasteiger partial charge < -0.3 is 15.6 Å². The lowest BCUT2D eigenvalue weighted by atomic mass is 9.90. The first kappa shape index (κ1) is 16.5. The monoisotopic (exact) mass is 313 g/mol. The van der Waals surface area contributed by atoms with Gasteiger partial charge in [0.2, 0.25) is 5.91 Å². The van der Waals surface area contributed by atoms with Gasteiger partial charge in [0.1, 0.15) is 5.75 Å². The van der Waals surface area contributed by atoms with Crippen LogP contribution in [0.15, 0.2) is 48.5 Å². The third-order valence-electron chi connectivity index (χ3n) is 3.65. The highest BCUT2D eigenvalue weighted by molar-refractivity contribution is 5.79. The molecule has 0 spiro atoms. The summed E-state index contributed by atoms with van der Waals surface area (Å²) in [5.41, 5.74) is 7.40. The third kappa shape index (κ3) is 4.32. The summed E-state index contributed by atoms with van der Waals surface area (Å²) in [6.07, 6.45) is 0.382. The number of carbonyl (C=O) groups excluding carboxylic acids is 1. The molecule has 0 aliphatic rings. The van der Waals surface area contributed by atoms with Crippen molar-refractivity contribution in [2.45, 2.75) is 18.8 Å². The van der Waals surface area contributed by atoms with E-state index in [0.29, 0.717) is 23.3 Å². The maximum absolute atomic E-state index is 11.7. The summed E-state index contributed by atoms with van der Waals surface area (Å²) in [6.45, 7) is 0. The third-order valence-corrected chi connectivity index (χ3v) is 3.65. The maximum atomic E-state index is 11.7. The Hall–Kier alpha value is -2.82. The Labute approximate surface area is 134 Å². The van der Waals surface area contributed by atoms with Gasteiger partial charge in [-0.05, 0) is 23.6 Å². The van der Waals surface area contributed by atoms with Crippen molar-refractivity contribution in [3.8, 4) is 5.75 Å². The van der Waals surface area contributed by atoms with Crippen molar-refractivity contribution in [3.05, 3.63) is 65.2 Å². The molecule has 1 unspecified atom stereocenters.